The number of ether oxygens (including phenoxy) is 1. The second-order valence-electron chi connectivity index (χ2n) is 7.81. The van der Waals surface area contributed by atoms with Crippen LogP contribution in [0.25, 0.3) is 0 Å². The van der Waals surface area contributed by atoms with Crippen molar-refractivity contribution in [3.8, 4) is 0 Å². The van der Waals surface area contributed by atoms with Gasteiger partial charge in [0.25, 0.3) is 5.91 Å². The van der Waals surface area contributed by atoms with Crippen LogP contribution in [-0.4, -0.2) is 69.2 Å². The van der Waals surface area contributed by atoms with Gasteiger partial charge in [0.2, 0.25) is 0 Å². The summed E-state index contributed by atoms with van der Waals surface area (Å²) in [6.45, 7) is 4.18. The largest absolute Gasteiger partial charge is 0.367 e. The molecule has 1 spiro atoms. The number of fused-ring (bicyclic) bond motifs is 1. The van der Waals surface area contributed by atoms with Gasteiger partial charge in [0.1, 0.15) is 4.33 Å². The number of nitrogens with zero attached hydrogens (tertiary/aromatic N) is 4. The summed E-state index contributed by atoms with van der Waals surface area (Å²) in [5.41, 5.74) is 1.30. The number of hydrogen-bond donors (Lipinski definition) is 0. The summed E-state index contributed by atoms with van der Waals surface area (Å²) in [5, 5.41) is 4.51. The molecule has 2 fully saturated rings. The summed E-state index contributed by atoms with van der Waals surface area (Å²) in [6, 6.07) is 1.85. The third-order valence-corrected chi connectivity index (χ3v) is 6.58. The zero-order valence-corrected chi connectivity index (χ0v) is 16.2. The zero-order valence-electron chi connectivity index (χ0n) is 14.7. The van der Waals surface area contributed by atoms with Gasteiger partial charge in [0, 0.05) is 39.6 Å². The molecule has 6 nitrogen and oxygen atoms in total. The molecule has 25 heavy (non-hydrogen) atoms. The summed E-state index contributed by atoms with van der Waals surface area (Å²) in [5.74, 6) is 0.329. The summed E-state index contributed by atoms with van der Waals surface area (Å²) in [4.78, 5) is 16.1. The number of carbonyl (C=O) groups is 1. The molecule has 1 aromatic rings. The van der Waals surface area contributed by atoms with E-state index in [0.29, 0.717) is 18.2 Å². The normalized spacial score (nSPS) is 27.1. The first kappa shape index (κ1) is 17.6. The number of piperidine rings is 1. The molecule has 3 aliphatic rings. The monoisotopic (exact) mass is 386 g/mol. The van der Waals surface area contributed by atoms with Gasteiger partial charge in [-0.2, -0.15) is 5.10 Å². The number of hydrogen-bond acceptors (Lipinski definition) is 4. The van der Waals surface area contributed by atoms with E-state index in [9.17, 15) is 4.79 Å². The highest BCUT2D eigenvalue weighted by Crippen LogP contribution is 2.53. The van der Waals surface area contributed by atoms with Crippen LogP contribution in [0.2, 0.25) is 0 Å². The lowest BCUT2D eigenvalue weighted by Crippen LogP contribution is -2.51. The SMILES string of the molecule is CN(C)C(=O)c1cc2n(n1)CC1(CCN(CC3CC3(Cl)Cl)CC1)OC2. The van der Waals surface area contributed by atoms with Gasteiger partial charge in [-0.25, -0.2) is 0 Å². The predicted octanol–water partition coefficient (Wildman–Crippen LogP) is 2.14. The average Bonchev–Trinajstić information content (AvgIpc) is 2.98. The van der Waals surface area contributed by atoms with Crippen LogP contribution in [0.3, 0.4) is 0 Å². The van der Waals surface area contributed by atoms with Crippen molar-refractivity contribution in [1.82, 2.24) is 19.6 Å². The maximum Gasteiger partial charge on any atom is 0.273 e. The van der Waals surface area contributed by atoms with Crippen LogP contribution in [0.4, 0.5) is 0 Å². The van der Waals surface area contributed by atoms with Crippen LogP contribution < -0.4 is 0 Å². The van der Waals surface area contributed by atoms with Crippen molar-refractivity contribution in [2.75, 3.05) is 33.7 Å². The second-order valence-corrected chi connectivity index (χ2v) is 9.35. The molecule has 0 radical (unpaired) electrons. The predicted molar refractivity (Wildman–Crippen MR) is 96.0 cm³/mol. The molecule has 1 aliphatic carbocycles. The first-order valence-electron chi connectivity index (χ1n) is 8.81. The fourth-order valence-electron chi connectivity index (χ4n) is 3.81. The van der Waals surface area contributed by atoms with Crippen LogP contribution in [0.15, 0.2) is 6.07 Å². The van der Waals surface area contributed by atoms with Crippen molar-refractivity contribution in [1.29, 1.82) is 0 Å². The lowest BCUT2D eigenvalue weighted by atomic mass is 9.90. The van der Waals surface area contributed by atoms with E-state index in [1.165, 1.54) is 0 Å². The van der Waals surface area contributed by atoms with E-state index < -0.39 is 4.33 Å². The smallest absolute Gasteiger partial charge is 0.273 e. The molecule has 1 saturated heterocycles. The third kappa shape index (κ3) is 3.42. The number of aromatic nitrogens is 2. The van der Waals surface area contributed by atoms with Gasteiger partial charge < -0.3 is 14.5 Å². The van der Waals surface area contributed by atoms with Crippen molar-refractivity contribution < 1.29 is 9.53 Å². The highest BCUT2D eigenvalue weighted by Gasteiger charge is 2.52. The van der Waals surface area contributed by atoms with Gasteiger partial charge >= 0.3 is 0 Å². The van der Waals surface area contributed by atoms with E-state index in [2.05, 4.69) is 10.00 Å². The fourth-order valence-corrected chi connectivity index (χ4v) is 4.32. The van der Waals surface area contributed by atoms with E-state index in [-0.39, 0.29) is 11.5 Å². The number of carbonyl (C=O) groups excluding carboxylic acids is 1. The molecule has 0 aromatic carbocycles. The van der Waals surface area contributed by atoms with Crippen LogP contribution in [0.5, 0.6) is 0 Å². The van der Waals surface area contributed by atoms with E-state index in [0.717, 1.165) is 51.1 Å². The van der Waals surface area contributed by atoms with Crippen LogP contribution in [0.1, 0.15) is 35.4 Å². The molecule has 1 amide bonds. The molecular weight excluding hydrogens is 363 g/mol. The molecule has 8 heteroatoms. The van der Waals surface area contributed by atoms with E-state index in [4.69, 9.17) is 27.9 Å². The Hall–Kier alpha value is -0.820. The Morgan fingerprint density at radius 1 is 1.40 bits per heavy atom. The second kappa shape index (κ2) is 6.12. The minimum atomic E-state index is -0.504. The third-order valence-electron chi connectivity index (χ3n) is 5.65. The minimum Gasteiger partial charge on any atom is -0.367 e. The summed E-state index contributed by atoms with van der Waals surface area (Å²) >= 11 is 12.3. The Balaban J connectivity index is 1.38. The lowest BCUT2D eigenvalue weighted by molar-refractivity contribution is -0.123. The Labute approximate surface area is 158 Å². The van der Waals surface area contributed by atoms with Gasteiger partial charge in [0.05, 0.1) is 24.4 Å². The first-order valence-corrected chi connectivity index (χ1v) is 9.56. The summed E-state index contributed by atoms with van der Waals surface area (Å²) in [6.07, 6.45) is 2.83. The average molecular weight is 387 g/mol. The Morgan fingerprint density at radius 3 is 2.68 bits per heavy atom. The van der Waals surface area contributed by atoms with Crippen molar-refractivity contribution in [3.05, 3.63) is 17.5 Å². The standard InChI is InChI=1S/C17H24Cl2N4O2/c1-21(2)15(24)14-7-13-10-25-16(11-23(13)20-14)3-5-22(6-4-16)9-12-8-17(12,18)19/h7,12H,3-6,8-11H2,1-2H3. The van der Waals surface area contributed by atoms with Gasteiger partial charge in [-0.15, -0.1) is 23.2 Å². The Bertz CT molecular complexity index is 680. The molecule has 0 bridgehead atoms. The number of likely N-dealkylation sites (tertiary alicyclic amines) is 1. The lowest BCUT2D eigenvalue weighted by Gasteiger charge is -2.44. The van der Waals surface area contributed by atoms with Crippen molar-refractivity contribution in [3.63, 3.8) is 0 Å². The topological polar surface area (TPSA) is 50.6 Å². The van der Waals surface area contributed by atoms with Gasteiger partial charge in [-0.3, -0.25) is 9.48 Å². The maximum absolute atomic E-state index is 12.1. The van der Waals surface area contributed by atoms with E-state index in [1.54, 1.807) is 19.0 Å². The summed E-state index contributed by atoms with van der Waals surface area (Å²) < 4.78 is 7.69. The Kier molecular flexibility index (Phi) is 4.30. The van der Waals surface area contributed by atoms with E-state index in [1.807, 2.05) is 10.7 Å². The molecule has 1 atom stereocenters. The molecule has 1 saturated carbocycles. The van der Waals surface area contributed by atoms with E-state index >= 15 is 0 Å². The molecule has 138 valence electrons. The molecule has 2 aliphatic heterocycles. The molecule has 1 aromatic heterocycles. The number of rotatable bonds is 3. The first-order chi connectivity index (χ1) is 11.8. The number of halogens is 2. The fraction of sp³-hybridized carbons (Fsp3) is 0.765. The molecule has 4 rings (SSSR count). The van der Waals surface area contributed by atoms with Crippen molar-refractivity contribution in [2.45, 2.75) is 42.3 Å². The molecule has 3 heterocycles. The number of amides is 1. The zero-order chi connectivity index (χ0) is 17.8. The quantitative estimate of drug-likeness (QED) is 0.746. The van der Waals surface area contributed by atoms with Crippen LogP contribution in [-0.2, 0) is 17.9 Å². The highest BCUT2D eigenvalue weighted by molar-refractivity contribution is 6.50. The van der Waals surface area contributed by atoms with Gasteiger partial charge in [-0.05, 0) is 25.3 Å². The molecule has 1 unspecified atom stereocenters. The van der Waals surface area contributed by atoms with Gasteiger partial charge in [0.15, 0.2) is 5.69 Å². The maximum atomic E-state index is 12.1. The highest BCUT2D eigenvalue weighted by atomic mass is 35.5. The van der Waals surface area contributed by atoms with Crippen LogP contribution >= 0.6 is 23.2 Å². The molecular formula is C17H24Cl2N4O2. The van der Waals surface area contributed by atoms with Gasteiger partial charge in [-0.1, -0.05) is 0 Å². The minimum absolute atomic E-state index is 0.0687. The van der Waals surface area contributed by atoms with Crippen molar-refractivity contribution >= 4 is 29.1 Å². The summed E-state index contributed by atoms with van der Waals surface area (Å²) in [7, 11) is 3.48. The Morgan fingerprint density at radius 2 is 2.08 bits per heavy atom. The van der Waals surface area contributed by atoms with Crippen molar-refractivity contribution in [2.24, 2.45) is 5.92 Å². The number of alkyl halides is 2. The molecule has 0 N–H and O–H groups in total. The van der Waals surface area contributed by atoms with Crippen LogP contribution in [0, 0.1) is 5.92 Å².